The minimum Gasteiger partial charge on any atom is -0.462 e. The molecule has 1 heterocycles. The number of esters is 1. The molecule has 3 aromatic rings. The Morgan fingerprint density at radius 2 is 1.61 bits per heavy atom. The summed E-state index contributed by atoms with van der Waals surface area (Å²) in [5.74, 6) is -1.25. The zero-order valence-electron chi connectivity index (χ0n) is 17.3. The van der Waals surface area contributed by atoms with E-state index in [1.54, 1.807) is 55.5 Å². The molecular weight excluding hydrogens is 390 g/mol. The quantitative estimate of drug-likeness (QED) is 0.348. The second-order valence-corrected chi connectivity index (χ2v) is 7.23. The van der Waals surface area contributed by atoms with Gasteiger partial charge in [-0.05, 0) is 61.4 Å². The highest BCUT2D eigenvalue weighted by Gasteiger charge is 2.35. The van der Waals surface area contributed by atoms with Crippen molar-refractivity contribution in [1.29, 1.82) is 0 Å². The van der Waals surface area contributed by atoms with Crippen LogP contribution in [0.5, 0.6) is 0 Å². The van der Waals surface area contributed by atoms with Crippen LogP contribution in [-0.2, 0) is 9.53 Å². The van der Waals surface area contributed by atoms with Gasteiger partial charge in [-0.2, -0.15) is 0 Å². The number of carbonyl (C=O) groups excluding carboxylic acids is 3. The molecule has 0 saturated carbocycles. The van der Waals surface area contributed by atoms with E-state index in [1.807, 2.05) is 37.3 Å². The maximum Gasteiger partial charge on any atom is 0.338 e. The number of hydrogen-bond donors (Lipinski definition) is 0. The van der Waals surface area contributed by atoms with Gasteiger partial charge in [0.1, 0.15) is 0 Å². The van der Waals surface area contributed by atoms with Gasteiger partial charge in [-0.3, -0.25) is 9.59 Å². The third-order valence-corrected chi connectivity index (χ3v) is 5.07. The smallest absolute Gasteiger partial charge is 0.338 e. The third kappa shape index (κ3) is 3.90. The number of amides is 2. The van der Waals surface area contributed by atoms with Gasteiger partial charge in [0.15, 0.2) is 0 Å². The zero-order valence-corrected chi connectivity index (χ0v) is 17.3. The molecule has 3 aromatic carbocycles. The number of ether oxygens (including phenoxy) is 1. The molecule has 0 radical (unpaired) electrons. The van der Waals surface area contributed by atoms with Crippen LogP contribution in [0.25, 0.3) is 11.6 Å². The highest BCUT2D eigenvalue weighted by atomic mass is 16.5. The van der Waals surface area contributed by atoms with Gasteiger partial charge in [-0.25, -0.2) is 9.69 Å². The van der Waals surface area contributed by atoms with E-state index in [1.165, 1.54) is 0 Å². The summed E-state index contributed by atoms with van der Waals surface area (Å²) in [5.41, 5.74) is 4.22. The maximum atomic E-state index is 13.5. The number of hydrogen-bond acceptors (Lipinski definition) is 4. The fraction of sp³-hybridized carbons (Fsp3) is 0.115. The summed E-state index contributed by atoms with van der Waals surface area (Å²) in [6.07, 6.45) is 1.81. The monoisotopic (exact) mass is 411 g/mol. The summed E-state index contributed by atoms with van der Waals surface area (Å²) in [4.78, 5) is 39.7. The Bertz CT molecular complexity index is 1210. The van der Waals surface area contributed by atoms with Gasteiger partial charge in [0, 0.05) is 11.1 Å². The molecule has 31 heavy (non-hydrogen) atoms. The first-order valence-electron chi connectivity index (χ1n) is 10.0. The van der Waals surface area contributed by atoms with E-state index in [0.717, 1.165) is 16.0 Å². The van der Waals surface area contributed by atoms with Crippen molar-refractivity contribution in [3.05, 3.63) is 101 Å². The standard InChI is InChI=1S/C26H21NO4/c1-3-31-26(30)19-11-13-20(14-12-19)27-24(28)22-10-5-4-9-21(22)23(25(27)29)16-18-8-6-7-17(2)15-18/h4-16H,3H2,1-2H3. The summed E-state index contributed by atoms with van der Waals surface area (Å²) < 4.78 is 5.00. The Balaban J connectivity index is 1.79. The van der Waals surface area contributed by atoms with Gasteiger partial charge in [0.2, 0.25) is 0 Å². The number of aryl methyl sites for hydroxylation is 1. The second kappa shape index (κ2) is 8.40. The van der Waals surface area contributed by atoms with Crippen molar-refractivity contribution in [3.8, 4) is 0 Å². The lowest BCUT2D eigenvalue weighted by Gasteiger charge is -2.28. The van der Waals surface area contributed by atoms with E-state index in [0.29, 0.717) is 28.0 Å². The Kier molecular flexibility index (Phi) is 5.50. The van der Waals surface area contributed by atoms with Gasteiger partial charge in [-0.1, -0.05) is 48.0 Å². The third-order valence-electron chi connectivity index (χ3n) is 5.07. The largest absolute Gasteiger partial charge is 0.462 e. The van der Waals surface area contributed by atoms with Crippen molar-refractivity contribution in [2.45, 2.75) is 13.8 Å². The Labute approximate surface area is 180 Å². The first-order valence-corrected chi connectivity index (χ1v) is 10.0. The molecule has 0 spiro atoms. The van der Waals surface area contributed by atoms with E-state index in [-0.39, 0.29) is 6.61 Å². The highest BCUT2D eigenvalue weighted by Crippen LogP contribution is 2.33. The summed E-state index contributed by atoms with van der Waals surface area (Å²) in [7, 11) is 0. The molecule has 0 aliphatic carbocycles. The molecule has 0 bridgehead atoms. The molecule has 4 rings (SSSR count). The Morgan fingerprint density at radius 1 is 0.903 bits per heavy atom. The summed E-state index contributed by atoms with van der Waals surface area (Å²) >= 11 is 0. The Morgan fingerprint density at radius 3 is 2.29 bits per heavy atom. The maximum absolute atomic E-state index is 13.5. The van der Waals surface area contributed by atoms with Crippen LogP contribution in [0.15, 0.2) is 72.8 Å². The highest BCUT2D eigenvalue weighted by molar-refractivity contribution is 6.43. The lowest BCUT2D eigenvalue weighted by Crippen LogP contribution is -2.41. The molecule has 0 aromatic heterocycles. The predicted molar refractivity (Wildman–Crippen MR) is 120 cm³/mol. The van der Waals surface area contributed by atoms with E-state index < -0.39 is 17.8 Å². The molecule has 154 valence electrons. The predicted octanol–water partition coefficient (Wildman–Crippen LogP) is 4.90. The van der Waals surface area contributed by atoms with Crippen LogP contribution < -0.4 is 4.90 Å². The van der Waals surface area contributed by atoms with Crippen LogP contribution in [-0.4, -0.2) is 24.4 Å². The van der Waals surface area contributed by atoms with Crippen LogP contribution in [0, 0.1) is 6.92 Å². The average Bonchev–Trinajstić information content (AvgIpc) is 2.77. The number of nitrogens with zero attached hydrogens (tertiary/aromatic N) is 1. The van der Waals surface area contributed by atoms with E-state index in [2.05, 4.69) is 0 Å². The minimum absolute atomic E-state index is 0.271. The number of carbonyl (C=O) groups is 3. The van der Waals surface area contributed by atoms with E-state index in [4.69, 9.17) is 4.74 Å². The van der Waals surface area contributed by atoms with Gasteiger partial charge >= 0.3 is 5.97 Å². The molecule has 0 saturated heterocycles. The van der Waals surface area contributed by atoms with Gasteiger partial charge < -0.3 is 4.74 Å². The average molecular weight is 411 g/mol. The van der Waals surface area contributed by atoms with Crippen LogP contribution in [0.4, 0.5) is 5.69 Å². The molecule has 5 nitrogen and oxygen atoms in total. The van der Waals surface area contributed by atoms with Crippen molar-refractivity contribution < 1.29 is 19.1 Å². The molecule has 5 heteroatoms. The molecule has 0 N–H and O–H groups in total. The lowest BCUT2D eigenvalue weighted by atomic mass is 9.91. The second-order valence-electron chi connectivity index (χ2n) is 7.23. The van der Waals surface area contributed by atoms with Gasteiger partial charge in [0.05, 0.1) is 17.9 Å². The molecule has 2 amide bonds. The topological polar surface area (TPSA) is 63.7 Å². The summed E-state index contributed by atoms with van der Waals surface area (Å²) in [6.45, 7) is 3.99. The molecule has 1 aliphatic heterocycles. The molecule has 0 unspecified atom stereocenters. The lowest BCUT2D eigenvalue weighted by molar-refractivity contribution is -0.112. The first kappa shape index (κ1) is 20.3. The number of imide groups is 1. The van der Waals surface area contributed by atoms with Crippen molar-refractivity contribution in [2.24, 2.45) is 0 Å². The zero-order chi connectivity index (χ0) is 22.0. The van der Waals surface area contributed by atoms with E-state index in [9.17, 15) is 14.4 Å². The first-order chi connectivity index (χ1) is 15.0. The fourth-order valence-electron chi connectivity index (χ4n) is 3.61. The molecular formula is C26H21NO4. The number of anilines is 1. The van der Waals surface area contributed by atoms with Crippen molar-refractivity contribution in [1.82, 2.24) is 0 Å². The molecule has 0 fully saturated rings. The molecule has 0 atom stereocenters. The number of fused-ring (bicyclic) bond motifs is 1. The van der Waals surface area contributed by atoms with Crippen LogP contribution in [0.3, 0.4) is 0 Å². The number of rotatable bonds is 4. The summed E-state index contributed by atoms with van der Waals surface area (Å²) in [6, 6.07) is 21.2. The molecule has 1 aliphatic rings. The van der Waals surface area contributed by atoms with Crippen LogP contribution in [0.2, 0.25) is 0 Å². The van der Waals surface area contributed by atoms with Crippen LogP contribution in [0.1, 0.15) is 44.3 Å². The van der Waals surface area contributed by atoms with Gasteiger partial charge in [-0.15, -0.1) is 0 Å². The minimum atomic E-state index is -0.448. The van der Waals surface area contributed by atoms with Gasteiger partial charge in [0.25, 0.3) is 11.8 Å². The summed E-state index contributed by atoms with van der Waals surface area (Å²) in [5, 5.41) is 0. The normalized spacial score (nSPS) is 14.5. The SMILES string of the molecule is CCOC(=O)c1ccc(N2C(=O)C(=Cc3cccc(C)c3)c3ccccc3C2=O)cc1. The number of benzene rings is 3. The fourth-order valence-corrected chi connectivity index (χ4v) is 3.61. The van der Waals surface area contributed by atoms with E-state index >= 15 is 0 Å². The van der Waals surface area contributed by atoms with Crippen molar-refractivity contribution >= 4 is 35.1 Å². The van der Waals surface area contributed by atoms with Crippen LogP contribution >= 0.6 is 0 Å². The Hall–Kier alpha value is -3.99. The van der Waals surface area contributed by atoms with Crippen molar-refractivity contribution in [3.63, 3.8) is 0 Å². The van der Waals surface area contributed by atoms with Crippen molar-refractivity contribution in [2.75, 3.05) is 11.5 Å².